The smallest absolute Gasteiger partial charge is 0.298 e. The Morgan fingerprint density at radius 1 is 0.833 bits per heavy atom. The fourth-order valence-corrected chi connectivity index (χ4v) is 7.25. The highest BCUT2D eigenvalue weighted by Gasteiger charge is 2.46. The first kappa shape index (κ1) is 27.0. The van der Waals surface area contributed by atoms with Crippen LogP contribution in [0.15, 0.2) is 4.90 Å². The van der Waals surface area contributed by atoms with Crippen molar-refractivity contribution in [2.24, 2.45) is 22.2 Å². The SMILES string of the molecule is Cc1c(C)c(C(C(C)(C)CC(C)C)C(C)(C)CC(C)(C)C)c(C)c(S(=O)(=O)O)c1O. The topological polar surface area (TPSA) is 74.6 Å². The van der Waals surface area contributed by atoms with Crippen molar-refractivity contribution in [2.45, 2.75) is 107 Å². The summed E-state index contributed by atoms with van der Waals surface area (Å²) in [5.74, 6) is 0.171. The second kappa shape index (κ2) is 8.46. The van der Waals surface area contributed by atoms with Crippen molar-refractivity contribution in [3.8, 4) is 5.75 Å². The second-order valence-corrected chi connectivity index (χ2v) is 13.5. The van der Waals surface area contributed by atoms with E-state index < -0.39 is 10.1 Å². The third-order valence-corrected chi connectivity index (χ3v) is 7.33. The van der Waals surface area contributed by atoms with E-state index in [1.807, 2.05) is 6.92 Å². The van der Waals surface area contributed by atoms with E-state index in [0.29, 0.717) is 17.0 Å². The quantitative estimate of drug-likeness (QED) is 0.440. The number of hydrogen-bond acceptors (Lipinski definition) is 3. The standard InChI is InChI=1S/C25H44O4S/c1-15(2)13-24(9,10)22(25(11,12)14-23(6,7)8)19-16(3)17(4)20(26)21(18(19)5)30(27,28)29/h15,22,26H,13-14H2,1-12H3,(H,27,28,29). The molecule has 0 fully saturated rings. The first-order valence-corrected chi connectivity index (χ1v) is 12.4. The van der Waals surface area contributed by atoms with Gasteiger partial charge in [-0.2, -0.15) is 8.42 Å². The van der Waals surface area contributed by atoms with Crippen LogP contribution >= 0.6 is 0 Å². The van der Waals surface area contributed by atoms with Crippen LogP contribution in [-0.2, 0) is 10.1 Å². The van der Waals surface area contributed by atoms with Crippen molar-refractivity contribution in [1.29, 1.82) is 0 Å². The van der Waals surface area contributed by atoms with Crippen molar-refractivity contribution in [2.75, 3.05) is 0 Å². The van der Waals surface area contributed by atoms with Crippen molar-refractivity contribution in [3.63, 3.8) is 0 Å². The Balaban J connectivity index is 4.07. The van der Waals surface area contributed by atoms with Crippen LogP contribution in [0, 0.1) is 42.9 Å². The molecule has 30 heavy (non-hydrogen) atoms. The summed E-state index contributed by atoms with van der Waals surface area (Å²) in [5, 5.41) is 10.6. The van der Waals surface area contributed by atoms with Crippen LogP contribution in [0.4, 0.5) is 0 Å². The summed E-state index contributed by atoms with van der Waals surface area (Å²) in [7, 11) is -4.56. The van der Waals surface area contributed by atoms with E-state index in [1.165, 1.54) is 0 Å². The van der Waals surface area contributed by atoms with E-state index in [0.717, 1.165) is 24.0 Å². The monoisotopic (exact) mass is 440 g/mol. The van der Waals surface area contributed by atoms with E-state index in [9.17, 15) is 18.1 Å². The lowest BCUT2D eigenvalue weighted by molar-refractivity contribution is 0.0779. The molecule has 174 valence electrons. The lowest BCUT2D eigenvalue weighted by atomic mass is 9.55. The minimum absolute atomic E-state index is 0.0337. The minimum Gasteiger partial charge on any atom is -0.506 e. The zero-order valence-corrected chi connectivity index (χ0v) is 22.0. The van der Waals surface area contributed by atoms with Crippen LogP contribution < -0.4 is 0 Å². The summed E-state index contributed by atoms with van der Waals surface area (Å²) >= 11 is 0. The highest BCUT2D eigenvalue weighted by molar-refractivity contribution is 7.86. The Morgan fingerprint density at radius 3 is 1.67 bits per heavy atom. The summed E-state index contributed by atoms with van der Waals surface area (Å²) in [6, 6.07) is 0. The first-order valence-electron chi connectivity index (χ1n) is 10.9. The summed E-state index contributed by atoms with van der Waals surface area (Å²) in [6.45, 7) is 25.6. The van der Waals surface area contributed by atoms with Gasteiger partial charge in [0.25, 0.3) is 10.1 Å². The first-order chi connectivity index (χ1) is 13.1. The van der Waals surface area contributed by atoms with Gasteiger partial charge < -0.3 is 5.11 Å². The van der Waals surface area contributed by atoms with Crippen LogP contribution in [0.1, 0.15) is 103 Å². The maximum Gasteiger partial charge on any atom is 0.298 e. The van der Waals surface area contributed by atoms with Gasteiger partial charge in [-0.15, -0.1) is 0 Å². The zero-order chi connectivity index (χ0) is 24.0. The van der Waals surface area contributed by atoms with Gasteiger partial charge in [-0.3, -0.25) is 4.55 Å². The third-order valence-electron chi connectivity index (χ3n) is 6.31. The minimum atomic E-state index is -4.56. The summed E-state index contributed by atoms with van der Waals surface area (Å²) < 4.78 is 34.4. The van der Waals surface area contributed by atoms with Gasteiger partial charge in [0.15, 0.2) is 0 Å². The number of phenols is 1. The molecule has 0 amide bonds. The van der Waals surface area contributed by atoms with E-state index in [4.69, 9.17) is 0 Å². The fraction of sp³-hybridized carbons (Fsp3) is 0.760. The van der Waals surface area contributed by atoms with Gasteiger partial charge in [0.05, 0.1) is 0 Å². The lowest BCUT2D eigenvalue weighted by Crippen LogP contribution is -2.39. The molecule has 0 radical (unpaired) electrons. The average Bonchev–Trinajstić information content (AvgIpc) is 2.43. The van der Waals surface area contributed by atoms with Crippen LogP contribution in [0.2, 0.25) is 0 Å². The normalized spacial score (nSPS) is 15.0. The Kier molecular flexibility index (Phi) is 7.60. The third kappa shape index (κ3) is 5.79. The number of rotatable bonds is 7. The van der Waals surface area contributed by atoms with Gasteiger partial charge >= 0.3 is 0 Å². The summed E-state index contributed by atoms with van der Waals surface area (Å²) in [4.78, 5) is -0.350. The number of aromatic hydroxyl groups is 1. The fourth-order valence-electron chi connectivity index (χ4n) is 6.36. The predicted octanol–water partition coefficient (Wildman–Crippen LogP) is 7.18. The van der Waals surface area contributed by atoms with E-state index in [2.05, 4.69) is 62.3 Å². The van der Waals surface area contributed by atoms with Crippen LogP contribution in [0.3, 0.4) is 0 Å². The molecule has 1 rings (SSSR count). The molecule has 1 aromatic carbocycles. The largest absolute Gasteiger partial charge is 0.506 e. The van der Waals surface area contributed by atoms with E-state index in [1.54, 1.807) is 13.8 Å². The molecule has 0 saturated carbocycles. The molecule has 1 unspecified atom stereocenters. The molecule has 1 atom stereocenters. The molecule has 5 heteroatoms. The molecular formula is C25H44O4S. The molecule has 0 saturated heterocycles. The van der Waals surface area contributed by atoms with Gasteiger partial charge in [-0.05, 0) is 83.9 Å². The van der Waals surface area contributed by atoms with Crippen LogP contribution in [0.25, 0.3) is 0 Å². The average molecular weight is 441 g/mol. The van der Waals surface area contributed by atoms with E-state index >= 15 is 0 Å². The Labute approximate surface area is 185 Å². The Bertz CT molecular complexity index is 885. The maximum absolute atomic E-state index is 12.2. The number of hydrogen-bond donors (Lipinski definition) is 2. The molecule has 4 nitrogen and oxygen atoms in total. The van der Waals surface area contributed by atoms with Crippen LogP contribution in [0.5, 0.6) is 5.75 Å². The molecule has 0 bridgehead atoms. The predicted molar refractivity (Wildman–Crippen MR) is 126 cm³/mol. The van der Waals surface area contributed by atoms with Crippen molar-refractivity contribution < 1.29 is 18.1 Å². The molecule has 0 aromatic heterocycles. The molecule has 0 heterocycles. The second-order valence-electron chi connectivity index (χ2n) is 12.2. The summed E-state index contributed by atoms with van der Waals surface area (Å²) in [5.41, 5.74) is 2.64. The van der Waals surface area contributed by atoms with Gasteiger partial charge in [-0.25, -0.2) is 0 Å². The molecule has 0 aliphatic heterocycles. The van der Waals surface area contributed by atoms with Crippen LogP contribution in [-0.4, -0.2) is 18.1 Å². The molecule has 0 aliphatic carbocycles. The summed E-state index contributed by atoms with van der Waals surface area (Å²) in [6.07, 6.45) is 1.93. The van der Waals surface area contributed by atoms with Crippen molar-refractivity contribution >= 4 is 10.1 Å². The molecular weight excluding hydrogens is 396 g/mol. The maximum atomic E-state index is 12.2. The van der Waals surface area contributed by atoms with E-state index in [-0.39, 0.29) is 32.8 Å². The van der Waals surface area contributed by atoms with Gasteiger partial charge in [0.1, 0.15) is 10.6 Å². The van der Waals surface area contributed by atoms with Gasteiger partial charge in [-0.1, -0.05) is 62.3 Å². The van der Waals surface area contributed by atoms with Gasteiger partial charge in [0, 0.05) is 0 Å². The van der Waals surface area contributed by atoms with Gasteiger partial charge in [0.2, 0.25) is 0 Å². The Hall–Kier alpha value is -1.07. The lowest BCUT2D eigenvalue weighted by Gasteiger charge is -2.49. The molecule has 2 N–H and O–H groups in total. The zero-order valence-electron chi connectivity index (χ0n) is 21.2. The number of phenolic OH excluding ortho intramolecular Hbond substituents is 1. The molecule has 1 aromatic rings. The Morgan fingerprint density at radius 2 is 1.30 bits per heavy atom. The number of benzene rings is 1. The molecule has 0 spiro atoms. The highest BCUT2D eigenvalue weighted by Crippen LogP contribution is 2.57. The van der Waals surface area contributed by atoms with Crippen molar-refractivity contribution in [3.05, 3.63) is 22.3 Å². The van der Waals surface area contributed by atoms with Crippen molar-refractivity contribution in [1.82, 2.24) is 0 Å². The molecule has 0 aliphatic rings. The highest BCUT2D eigenvalue weighted by atomic mass is 32.2.